The predicted molar refractivity (Wildman–Crippen MR) is 59.8 cm³/mol. The molecule has 0 aromatic carbocycles. The molecule has 0 aliphatic carbocycles. The molecule has 1 saturated heterocycles. The molecular weight excluding hydrogens is 188 g/mol. The summed E-state index contributed by atoms with van der Waals surface area (Å²) >= 11 is 0. The second-order valence-electron chi connectivity index (χ2n) is 4.46. The van der Waals surface area contributed by atoms with Gasteiger partial charge in [0.2, 0.25) is 5.91 Å². The first-order valence-corrected chi connectivity index (χ1v) is 5.49. The van der Waals surface area contributed by atoms with Crippen molar-refractivity contribution in [3.05, 3.63) is 23.0 Å². The van der Waals surface area contributed by atoms with Crippen molar-refractivity contribution in [1.29, 1.82) is 0 Å². The third-order valence-electron chi connectivity index (χ3n) is 3.43. The molecule has 0 radical (unpaired) electrons. The number of rotatable bonds is 2. The molecule has 2 rings (SSSR count). The summed E-state index contributed by atoms with van der Waals surface area (Å²) in [4.78, 5) is 11.1. The molecule has 1 aliphatic rings. The maximum Gasteiger partial charge on any atom is 0.220 e. The molecule has 82 valence electrons. The fourth-order valence-corrected chi connectivity index (χ4v) is 2.24. The smallest absolute Gasteiger partial charge is 0.220 e. The van der Waals surface area contributed by atoms with Crippen LogP contribution < -0.4 is 5.32 Å². The lowest BCUT2D eigenvalue weighted by Gasteiger charge is -2.09. The Bertz CT molecular complexity index is 393. The molecule has 2 heterocycles. The molecule has 1 aromatic rings. The van der Waals surface area contributed by atoms with Gasteiger partial charge in [-0.25, -0.2) is 0 Å². The van der Waals surface area contributed by atoms with Gasteiger partial charge in [0.15, 0.2) is 0 Å². The van der Waals surface area contributed by atoms with Crippen molar-refractivity contribution in [3.63, 3.8) is 0 Å². The minimum absolute atomic E-state index is 0.199. The van der Waals surface area contributed by atoms with Gasteiger partial charge in [-0.15, -0.1) is 0 Å². The van der Waals surface area contributed by atoms with Gasteiger partial charge in [-0.1, -0.05) is 0 Å². The average molecular weight is 206 g/mol. The van der Waals surface area contributed by atoms with E-state index in [0.29, 0.717) is 12.5 Å². The summed E-state index contributed by atoms with van der Waals surface area (Å²) < 4.78 is 2.20. The monoisotopic (exact) mass is 206 g/mol. The fraction of sp³-hybridized carbons (Fsp3) is 0.583. The minimum atomic E-state index is 0.199. The molecule has 1 fully saturated rings. The first kappa shape index (κ1) is 10.3. The van der Waals surface area contributed by atoms with E-state index in [1.807, 2.05) is 0 Å². The van der Waals surface area contributed by atoms with Crippen LogP contribution in [0.25, 0.3) is 0 Å². The lowest BCUT2D eigenvalue weighted by Crippen LogP contribution is -2.27. The van der Waals surface area contributed by atoms with Crippen molar-refractivity contribution in [3.8, 4) is 0 Å². The molecule has 0 spiro atoms. The quantitative estimate of drug-likeness (QED) is 0.781. The van der Waals surface area contributed by atoms with Gasteiger partial charge in [0.25, 0.3) is 0 Å². The van der Waals surface area contributed by atoms with Gasteiger partial charge < -0.3 is 9.88 Å². The SMILES string of the molecule is Cc1cc(CC2CCC(=O)N2)c(C)n1C. The minimum Gasteiger partial charge on any atom is -0.353 e. The Balaban J connectivity index is 2.11. The Morgan fingerprint density at radius 3 is 2.73 bits per heavy atom. The van der Waals surface area contributed by atoms with Crippen molar-refractivity contribution in [2.24, 2.45) is 7.05 Å². The van der Waals surface area contributed by atoms with E-state index < -0.39 is 0 Å². The zero-order valence-corrected chi connectivity index (χ0v) is 9.63. The summed E-state index contributed by atoms with van der Waals surface area (Å²) in [6.45, 7) is 4.25. The van der Waals surface area contributed by atoms with Crippen LogP contribution in [0.3, 0.4) is 0 Å². The Morgan fingerprint density at radius 2 is 2.27 bits per heavy atom. The molecular formula is C12H18N2O. The van der Waals surface area contributed by atoms with Crippen molar-refractivity contribution in [2.45, 2.75) is 39.2 Å². The third kappa shape index (κ3) is 1.91. The van der Waals surface area contributed by atoms with Crippen molar-refractivity contribution in [1.82, 2.24) is 9.88 Å². The van der Waals surface area contributed by atoms with E-state index in [2.05, 4.69) is 36.8 Å². The predicted octanol–water partition coefficient (Wildman–Crippen LogP) is 1.46. The number of hydrogen-bond donors (Lipinski definition) is 1. The van der Waals surface area contributed by atoms with Crippen molar-refractivity contribution >= 4 is 5.91 Å². The van der Waals surface area contributed by atoms with E-state index in [1.165, 1.54) is 17.0 Å². The lowest BCUT2D eigenvalue weighted by atomic mass is 10.1. The zero-order valence-electron chi connectivity index (χ0n) is 9.63. The standard InChI is InChI=1S/C12H18N2O/c1-8-6-10(9(2)14(8)3)7-11-4-5-12(15)13-11/h6,11H,4-5,7H2,1-3H3,(H,13,15). The second kappa shape index (κ2) is 3.72. The van der Waals surface area contributed by atoms with Crippen LogP contribution in [0.15, 0.2) is 6.07 Å². The van der Waals surface area contributed by atoms with Gasteiger partial charge in [-0.2, -0.15) is 0 Å². The average Bonchev–Trinajstić information content (AvgIpc) is 2.68. The van der Waals surface area contributed by atoms with Crippen LogP contribution in [0.5, 0.6) is 0 Å². The Labute approximate surface area is 90.5 Å². The van der Waals surface area contributed by atoms with Crippen LogP contribution in [-0.2, 0) is 18.3 Å². The van der Waals surface area contributed by atoms with Crippen LogP contribution >= 0.6 is 0 Å². The van der Waals surface area contributed by atoms with Gasteiger partial charge >= 0.3 is 0 Å². The largest absolute Gasteiger partial charge is 0.353 e. The Morgan fingerprint density at radius 1 is 1.53 bits per heavy atom. The first-order chi connectivity index (χ1) is 7.08. The van der Waals surface area contributed by atoms with Gasteiger partial charge in [0.1, 0.15) is 0 Å². The number of amides is 1. The Hall–Kier alpha value is -1.25. The summed E-state index contributed by atoms with van der Waals surface area (Å²) in [6.07, 6.45) is 2.64. The number of aryl methyl sites for hydroxylation is 1. The highest BCUT2D eigenvalue weighted by atomic mass is 16.1. The molecule has 3 heteroatoms. The molecule has 1 unspecified atom stereocenters. The number of nitrogens with zero attached hydrogens (tertiary/aromatic N) is 1. The fourth-order valence-electron chi connectivity index (χ4n) is 2.24. The number of carbonyl (C=O) groups is 1. The van der Waals surface area contributed by atoms with Crippen LogP contribution in [0.2, 0.25) is 0 Å². The highest BCUT2D eigenvalue weighted by Crippen LogP contribution is 2.18. The van der Waals surface area contributed by atoms with Crippen LogP contribution in [0.1, 0.15) is 29.8 Å². The second-order valence-corrected chi connectivity index (χ2v) is 4.46. The van der Waals surface area contributed by atoms with E-state index in [1.54, 1.807) is 0 Å². The molecule has 1 aromatic heterocycles. The number of carbonyl (C=O) groups excluding carboxylic acids is 1. The first-order valence-electron chi connectivity index (χ1n) is 5.49. The lowest BCUT2D eigenvalue weighted by molar-refractivity contribution is -0.119. The summed E-state index contributed by atoms with van der Waals surface area (Å²) in [6, 6.07) is 2.57. The van der Waals surface area contributed by atoms with Gasteiger partial charge in [0.05, 0.1) is 0 Å². The number of hydrogen-bond acceptors (Lipinski definition) is 1. The zero-order chi connectivity index (χ0) is 11.0. The van der Waals surface area contributed by atoms with Crippen molar-refractivity contribution in [2.75, 3.05) is 0 Å². The molecule has 1 aliphatic heterocycles. The summed E-state index contributed by atoms with van der Waals surface area (Å²) in [5.74, 6) is 0.199. The summed E-state index contributed by atoms with van der Waals surface area (Å²) in [5.41, 5.74) is 3.96. The van der Waals surface area contributed by atoms with E-state index in [9.17, 15) is 4.79 Å². The maximum atomic E-state index is 11.1. The van der Waals surface area contributed by atoms with E-state index in [0.717, 1.165) is 12.8 Å². The Kier molecular flexibility index (Phi) is 2.55. The summed E-state index contributed by atoms with van der Waals surface area (Å²) in [5, 5.41) is 3.01. The van der Waals surface area contributed by atoms with E-state index in [-0.39, 0.29) is 5.91 Å². The normalized spacial score (nSPS) is 20.7. The maximum absolute atomic E-state index is 11.1. The van der Waals surface area contributed by atoms with E-state index in [4.69, 9.17) is 0 Å². The number of nitrogens with one attached hydrogen (secondary N) is 1. The molecule has 1 atom stereocenters. The van der Waals surface area contributed by atoms with Gasteiger partial charge in [0, 0.05) is 30.9 Å². The molecule has 0 bridgehead atoms. The van der Waals surface area contributed by atoms with Crippen molar-refractivity contribution < 1.29 is 4.79 Å². The number of aromatic nitrogens is 1. The molecule has 0 saturated carbocycles. The van der Waals surface area contributed by atoms with Crippen LogP contribution in [0.4, 0.5) is 0 Å². The molecule has 1 amide bonds. The topological polar surface area (TPSA) is 34.0 Å². The molecule has 15 heavy (non-hydrogen) atoms. The molecule has 3 nitrogen and oxygen atoms in total. The third-order valence-corrected chi connectivity index (χ3v) is 3.43. The van der Waals surface area contributed by atoms with Crippen LogP contribution in [-0.4, -0.2) is 16.5 Å². The van der Waals surface area contributed by atoms with Gasteiger partial charge in [-0.05, 0) is 38.3 Å². The van der Waals surface area contributed by atoms with E-state index >= 15 is 0 Å². The summed E-state index contributed by atoms with van der Waals surface area (Å²) in [7, 11) is 2.08. The van der Waals surface area contributed by atoms with Crippen LogP contribution in [0, 0.1) is 13.8 Å². The van der Waals surface area contributed by atoms with Gasteiger partial charge in [-0.3, -0.25) is 4.79 Å². The molecule has 1 N–H and O–H groups in total. The highest BCUT2D eigenvalue weighted by molar-refractivity contribution is 5.78. The highest BCUT2D eigenvalue weighted by Gasteiger charge is 2.22.